The van der Waals surface area contributed by atoms with Gasteiger partial charge < -0.3 is 14.8 Å². The number of sulfonamides is 1. The Morgan fingerprint density at radius 1 is 0.914 bits per heavy atom. The van der Waals surface area contributed by atoms with E-state index < -0.39 is 15.9 Å². The number of nitrogens with zero attached hydrogens (tertiary/aromatic N) is 1. The molecule has 8 heteroatoms. The van der Waals surface area contributed by atoms with Gasteiger partial charge in [-0.25, -0.2) is 8.42 Å². The van der Waals surface area contributed by atoms with Crippen molar-refractivity contribution < 1.29 is 22.7 Å². The number of ether oxygens (including phenoxy) is 2. The molecule has 0 unspecified atom stereocenters. The molecule has 0 fully saturated rings. The molecule has 0 aromatic heterocycles. The van der Waals surface area contributed by atoms with Crippen LogP contribution in [0.15, 0.2) is 71.6 Å². The fourth-order valence-corrected chi connectivity index (χ4v) is 5.14. The second kappa shape index (κ2) is 11.4. The minimum atomic E-state index is -3.91. The molecule has 1 N–H and O–H groups in total. The number of hydrogen-bond acceptors (Lipinski definition) is 5. The fourth-order valence-electron chi connectivity index (χ4n) is 3.75. The summed E-state index contributed by atoms with van der Waals surface area (Å²) in [4.78, 5) is 13.2. The van der Waals surface area contributed by atoms with Crippen LogP contribution in [0.4, 0.5) is 0 Å². The Morgan fingerprint density at radius 3 is 2.23 bits per heavy atom. The predicted molar refractivity (Wildman–Crippen MR) is 136 cm³/mol. The molecule has 35 heavy (non-hydrogen) atoms. The third-order valence-electron chi connectivity index (χ3n) is 5.71. The Kier molecular flexibility index (Phi) is 8.53. The molecule has 3 aromatic rings. The van der Waals surface area contributed by atoms with E-state index in [2.05, 4.69) is 5.32 Å². The van der Waals surface area contributed by atoms with Crippen molar-refractivity contribution >= 4 is 15.9 Å². The largest absolute Gasteiger partial charge is 0.493 e. The van der Waals surface area contributed by atoms with Crippen molar-refractivity contribution in [1.82, 2.24) is 9.62 Å². The van der Waals surface area contributed by atoms with Gasteiger partial charge in [0.1, 0.15) is 0 Å². The average Bonchev–Trinajstić information content (AvgIpc) is 2.83. The highest BCUT2D eigenvalue weighted by atomic mass is 32.2. The Morgan fingerprint density at radius 2 is 1.60 bits per heavy atom. The average molecular weight is 497 g/mol. The molecule has 3 aromatic carbocycles. The Balaban J connectivity index is 1.83. The van der Waals surface area contributed by atoms with E-state index in [1.54, 1.807) is 50.6 Å². The summed E-state index contributed by atoms with van der Waals surface area (Å²) in [5, 5.41) is 2.90. The first-order valence-corrected chi connectivity index (χ1v) is 12.7. The van der Waals surface area contributed by atoms with Crippen LogP contribution in [0.2, 0.25) is 0 Å². The number of hydrogen-bond donors (Lipinski definition) is 1. The molecule has 0 aliphatic heterocycles. The zero-order chi connectivity index (χ0) is 25.6. The number of nitrogens with one attached hydrogen (secondary N) is 1. The van der Waals surface area contributed by atoms with E-state index in [1.807, 2.05) is 51.1 Å². The zero-order valence-corrected chi connectivity index (χ0v) is 21.6. The van der Waals surface area contributed by atoms with Gasteiger partial charge in [-0.1, -0.05) is 53.6 Å². The lowest BCUT2D eigenvalue weighted by molar-refractivity contribution is -0.122. The number of benzene rings is 3. The standard InChI is InChI=1S/C27H32N2O5S/c1-19-9-12-24(13-10-19)35(31,32)29(17-22-8-6-7-20(2)15-22)18-27(30)28-21(3)23-11-14-25(33-4)26(16-23)34-5/h6-16,21H,17-18H2,1-5H3,(H,28,30)/t21-/m1/s1. The number of aryl methyl sites for hydroxylation is 2. The summed E-state index contributed by atoms with van der Waals surface area (Å²) in [6.45, 7) is 5.43. The molecule has 7 nitrogen and oxygen atoms in total. The van der Waals surface area contributed by atoms with Crippen LogP contribution in [-0.4, -0.2) is 39.4 Å². The van der Waals surface area contributed by atoms with Crippen LogP contribution in [0.25, 0.3) is 0 Å². The van der Waals surface area contributed by atoms with Crippen LogP contribution >= 0.6 is 0 Å². The molecule has 0 saturated heterocycles. The van der Waals surface area contributed by atoms with Crippen molar-refractivity contribution in [3.63, 3.8) is 0 Å². The van der Waals surface area contributed by atoms with Crippen molar-refractivity contribution in [2.24, 2.45) is 0 Å². The molecule has 0 radical (unpaired) electrons. The molecular weight excluding hydrogens is 464 g/mol. The third kappa shape index (κ3) is 6.61. The van der Waals surface area contributed by atoms with Crippen LogP contribution in [0, 0.1) is 13.8 Å². The Labute approximate surface area is 207 Å². The van der Waals surface area contributed by atoms with Crippen LogP contribution in [-0.2, 0) is 21.4 Å². The molecule has 0 aliphatic carbocycles. The second-order valence-corrected chi connectivity index (χ2v) is 10.4. The molecular formula is C27H32N2O5S. The normalized spacial score (nSPS) is 12.3. The molecule has 1 amide bonds. The number of amides is 1. The fraction of sp³-hybridized carbons (Fsp3) is 0.296. The van der Waals surface area contributed by atoms with E-state index in [-0.39, 0.29) is 24.0 Å². The van der Waals surface area contributed by atoms with Crippen molar-refractivity contribution in [3.8, 4) is 11.5 Å². The lowest BCUT2D eigenvalue weighted by Gasteiger charge is -2.24. The summed E-state index contributed by atoms with van der Waals surface area (Å²) in [7, 11) is -0.807. The van der Waals surface area contributed by atoms with E-state index >= 15 is 0 Å². The smallest absolute Gasteiger partial charge is 0.243 e. The predicted octanol–water partition coefficient (Wildman–Crippen LogP) is 4.39. The van der Waals surface area contributed by atoms with Gasteiger partial charge in [0.15, 0.2) is 11.5 Å². The summed E-state index contributed by atoms with van der Waals surface area (Å²) >= 11 is 0. The maximum absolute atomic E-state index is 13.5. The molecule has 0 spiro atoms. The van der Waals surface area contributed by atoms with E-state index in [4.69, 9.17) is 9.47 Å². The maximum atomic E-state index is 13.5. The summed E-state index contributed by atoms with van der Waals surface area (Å²) in [5.41, 5.74) is 3.58. The molecule has 1 atom stereocenters. The number of carbonyl (C=O) groups excluding carboxylic acids is 1. The number of rotatable bonds is 10. The maximum Gasteiger partial charge on any atom is 0.243 e. The molecule has 0 aliphatic rings. The van der Waals surface area contributed by atoms with E-state index in [0.717, 1.165) is 22.3 Å². The molecule has 0 bridgehead atoms. The van der Waals surface area contributed by atoms with Gasteiger partial charge in [0.25, 0.3) is 0 Å². The van der Waals surface area contributed by atoms with Crippen LogP contribution in [0.1, 0.15) is 35.2 Å². The lowest BCUT2D eigenvalue weighted by Crippen LogP contribution is -2.41. The lowest BCUT2D eigenvalue weighted by atomic mass is 10.1. The summed E-state index contributed by atoms with van der Waals surface area (Å²) in [6, 6.07) is 19.2. The van der Waals surface area contributed by atoms with Gasteiger partial charge in [-0.05, 0) is 56.2 Å². The first-order chi connectivity index (χ1) is 16.6. The van der Waals surface area contributed by atoms with Crippen LogP contribution in [0.3, 0.4) is 0 Å². The van der Waals surface area contributed by atoms with Crippen LogP contribution in [0.5, 0.6) is 11.5 Å². The summed E-state index contributed by atoms with van der Waals surface area (Å²) in [5.74, 6) is 0.730. The highest BCUT2D eigenvalue weighted by molar-refractivity contribution is 7.89. The quantitative estimate of drug-likeness (QED) is 0.450. The van der Waals surface area contributed by atoms with Gasteiger partial charge in [0.05, 0.1) is 31.7 Å². The highest BCUT2D eigenvalue weighted by Crippen LogP contribution is 2.30. The van der Waals surface area contributed by atoms with Crippen molar-refractivity contribution in [3.05, 3.63) is 89.0 Å². The van der Waals surface area contributed by atoms with Crippen LogP contribution < -0.4 is 14.8 Å². The van der Waals surface area contributed by atoms with Gasteiger partial charge in [0, 0.05) is 6.54 Å². The molecule has 0 saturated carbocycles. The van der Waals surface area contributed by atoms with E-state index in [0.29, 0.717) is 11.5 Å². The van der Waals surface area contributed by atoms with E-state index in [1.165, 1.54) is 4.31 Å². The second-order valence-electron chi connectivity index (χ2n) is 8.48. The number of carbonyl (C=O) groups is 1. The van der Waals surface area contributed by atoms with Gasteiger partial charge in [0.2, 0.25) is 15.9 Å². The SMILES string of the molecule is COc1ccc([C@@H](C)NC(=O)CN(Cc2cccc(C)c2)S(=O)(=O)c2ccc(C)cc2)cc1OC. The van der Waals surface area contributed by atoms with E-state index in [9.17, 15) is 13.2 Å². The van der Waals surface area contributed by atoms with Crippen molar-refractivity contribution in [2.45, 2.75) is 38.3 Å². The zero-order valence-electron chi connectivity index (χ0n) is 20.7. The van der Waals surface area contributed by atoms with Gasteiger partial charge in [-0.2, -0.15) is 4.31 Å². The topological polar surface area (TPSA) is 84.9 Å². The van der Waals surface area contributed by atoms with Gasteiger partial charge in [-0.3, -0.25) is 4.79 Å². The highest BCUT2D eigenvalue weighted by Gasteiger charge is 2.27. The van der Waals surface area contributed by atoms with Gasteiger partial charge >= 0.3 is 0 Å². The first kappa shape index (κ1) is 26.2. The van der Waals surface area contributed by atoms with Crippen molar-refractivity contribution in [2.75, 3.05) is 20.8 Å². The minimum absolute atomic E-state index is 0.0794. The summed E-state index contributed by atoms with van der Waals surface area (Å²) in [6.07, 6.45) is 0. The molecule has 3 rings (SSSR count). The Bertz CT molecular complexity index is 1270. The molecule has 0 heterocycles. The third-order valence-corrected chi connectivity index (χ3v) is 7.51. The Hall–Kier alpha value is -3.36. The van der Waals surface area contributed by atoms with Crippen molar-refractivity contribution in [1.29, 1.82) is 0 Å². The first-order valence-electron chi connectivity index (χ1n) is 11.3. The monoisotopic (exact) mass is 496 g/mol. The minimum Gasteiger partial charge on any atom is -0.493 e. The number of methoxy groups -OCH3 is 2. The van der Waals surface area contributed by atoms with Gasteiger partial charge in [-0.15, -0.1) is 0 Å². The summed E-state index contributed by atoms with van der Waals surface area (Å²) < 4.78 is 38.8. The molecule has 186 valence electrons.